The van der Waals surface area contributed by atoms with Crippen LogP contribution in [-0.4, -0.2) is 45.7 Å². The smallest absolute Gasteiger partial charge is 0.261 e. The van der Waals surface area contributed by atoms with E-state index in [0.29, 0.717) is 23.4 Å². The molecule has 0 saturated heterocycles. The zero-order chi connectivity index (χ0) is 18.8. The number of carbonyl (C=O) groups is 2. The molecule has 1 aliphatic rings. The molecule has 0 N–H and O–H groups in total. The summed E-state index contributed by atoms with van der Waals surface area (Å²) in [6.07, 6.45) is 3.60. The van der Waals surface area contributed by atoms with Crippen molar-refractivity contribution in [1.82, 2.24) is 14.5 Å². The Kier molecular flexibility index (Phi) is 4.68. The average Bonchev–Trinajstić information content (AvgIpc) is 3.27. The molecule has 27 heavy (non-hydrogen) atoms. The minimum atomic E-state index is -0.229. The van der Waals surface area contributed by atoms with E-state index in [4.69, 9.17) is 4.74 Å². The molecule has 0 bridgehead atoms. The van der Waals surface area contributed by atoms with Crippen LogP contribution in [0, 0.1) is 0 Å². The second-order valence-electron chi connectivity index (χ2n) is 5.94. The number of carbonyl (C=O) groups excluding carboxylic acids is 2. The number of aromatic nitrogens is 2. The van der Waals surface area contributed by atoms with Crippen molar-refractivity contribution in [2.75, 3.05) is 19.4 Å². The Morgan fingerprint density at radius 1 is 1.04 bits per heavy atom. The summed E-state index contributed by atoms with van der Waals surface area (Å²) < 4.78 is 7.23. The Hall–Kier alpha value is -3.06. The Morgan fingerprint density at radius 2 is 1.78 bits per heavy atom. The summed E-state index contributed by atoms with van der Waals surface area (Å²) in [7, 11) is 1.63. The lowest BCUT2D eigenvalue weighted by Gasteiger charge is -2.14. The van der Waals surface area contributed by atoms with E-state index < -0.39 is 0 Å². The Morgan fingerprint density at radius 3 is 2.48 bits per heavy atom. The van der Waals surface area contributed by atoms with Crippen LogP contribution in [0.5, 0.6) is 5.75 Å². The van der Waals surface area contributed by atoms with Gasteiger partial charge in [-0.2, -0.15) is 0 Å². The van der Waals surface area contributed by atoms with Crippen LogP contribution in [-0.2, 0) is 0 Å². The summed E-state index contributed by atoms with van der Waals surface area (Å²) in [5, 5.41) is 0.792. The zero-order valence-electron chi connectivity index (χ0n) is 14.7. The third-order valence-corrected chi connectivity index (χ3v) is 5.31. The number of fused-ring (bicyclic) bond motifs is 1. The highest BCUT2D eigenvalue weighted by atomic mass is 32.2. The lowest BCUT2D eigenvalue weighted by atomic mass is 10.1. The molecule has 7 heteroatoms. The number of imide groups is 1. The summed E-state index contributed by atoms with van der Waals surface area (Å²) in [6.45, 7) is 0.335. The molecule has 0 aliphatic carbocycles. The standard InChI is InChI=1S/C20H17N3O3S/c1-26-15-6-4-5-14(13-15)22-10-9-21-20(22)27-12-11-23-18(24)16-7-2-3-8-17(16)19(23)25/h2-10,13H,11-12H2,1H3. The van der Waals surface area contributed by atoms with Gasteiger partial charge < -0.3 is 4.74 Å². The molecule has 6 nitrogen and oxygen atoms in total. The van der Waals surface area contributed by atoms with E-state index in [9.17, 15) is 9.59 Å². The van der Waals surface area contributed by atoms with Crippen molar-refractivity contribution in [1.29, 1.82) is 0 Å². The van der Waals surface area contributed by atoms with E-state index in [-0.39, 0.29) is 11.8 Å². The molecule has 2 amide bonds. The van der Waals surface area contributed by atoms with E-state index >= 15 is 0 Å². The van der Waals surface area contributed by atoms with Gasteiger partial charge in [0.2, 0.25) is 0 Å². The second kappa shape index (κ2) is 7.28. The largest absolute Gasteiger partial charge is 0.497 e. The van der Waals surface area contributed by atoms with Crippen LogP contribution >= 0.6 is 11.8 Å². The quantitative estimate of drug-likeness (QED) is 0.486. The molecule has 1 aliphatic heterocycles. The number of hydrogen-bond acceptors (Lipinski definition) is 5. The van der Waals surface area contributed by atoms with Gasteiger partial charge in [-0.1, -0.05) is 30.0 Å². The number of methoxy groups -OCH3 is 1. The fraction of sp³-hybridized carbons (Fsp3) is 0.150. The van der Waals surface area contributed by atoms with Crippen LogP contribution < -0.4 is 4.74 Å². The third-order valence-electron chi connectivity index (χ3n) is 4.36. The Labute approximate surface area is 160 Å². The van der Waals surface area contributed by atoms with Crippen LogP contribution in [0.1, 0.15) is 20.7 Å². The van der Waals surface area contributed by atoms with E-state index in [1.807, 2.05) is 35.0 Å². The number of benzene rings is 2. The van der Waals surface area contributed by atoms with Crippen LogP contribution in [0.15, 0.2) is 66.1 Å². The highest BCUT2D eigenvalue weighted by Gasteiger charge is 2.34. The van der Waals surface area contributed by atoms with Crippen molar-refractivity contribution in [2.45, 2.75) is 5.16 Å². The lowest BCUT2D eigenvalue weighted by molar-refractivity contribution is 0.0664. The molecule has 0 unspecified atom stereocenters. The van der Waals surface area contributed by atoms with Crippen molar-refractivity contribution in [3.05, 3.63) is 72.1 Å². The zero-order valence-corrected chi connectivity index (χ0v) is 15.5. The van der Waals surface area contributed by atoms with Gasteiger partial charge >= 0.3 is 0 Å². The first-order chi connectivity index (χ1) is 13.2. The molecule has 136 valence electrons. The maximum Gasteiger partial charge on any atom is 0.261 e. The number of rotatable bonds is 6. The highest BCUT2D eigenvalue weighted by Crippen LogP contribution is 2.26. The first-order valence-electron chi connectivity index (χ1n) is 8.45. The molecular formula is C20H17N3O3S. The minimum absolute atomic E-state index is 0.229. The number of hydrogen-bond donors (Lipinski definition) is 0. The van der Waals surface area contributed by atoms with Crippen molar-refractivity contribution >= 4 is 23.6 Å². The van der Waals surface area contributed by atoms with Crippen molar-refractivity contribution in [2.24, 2.45) is 0 Å². The first-order valence-corrected chi connectivity index (χ1v) is 9.43. The van der Waals surface area contributed by atoms with E-state index in [1.165, 1.54) is 16.7 Å². The molecule has 4 rings (SSSR count). The van der Waals surface area contributed by atoms with Crippen LogP contribution in [0.2, 0.25) is 0 Å². The maximum atomic E-state index is 12.4. The van der Waals surface area contributed by atoms with Crippen molar-refractivity contribution in [3.63, 3.8) is 0 Å². The van der Waals surface area contributed by atoms with Crippen molar-refractivity contribution < 1.29 is 14.3 Å². The number of ether oxygens (including phenoxy) is 1. The summed E-state index contributed by atoms with van der Waals surface area (Å²) in [4.78, 5) is 30.5. The van der Waals surface area contributed by atoms with Gasteiger partial charge in [0.05, 0.1) is 23.9 Å². The molecule has 0 radical (unpaired) electrons. The number of imidazole rings is 1. The molecule has 0 saturated carbocycles. The Bertz CT molecular complexity index is 980. The Balaban J connectivity index is 1.45. The van der Waals surface area contributed by atoms with Gasteiger partial charge in [0.15, 0.2) is 5.16 Å². The number of nitrogens with zero attached hydrogens (tertiary/aromatic N) is 3. The number of amides is 2. The molecule has 3 aromatic rings. The van der Waals surface area contributed by atoms with Gasteiger partial charge in [-0.05, 0) is 24.3 Å². The fourth-order valence-corrected chi connectivity index (χ4v) is 3.92. The van der Waals surface area contributed by atoms with E-state index in [0.717, 1.165) is 16.6 Å². The molecule has 1 aromatic heterocycles. The molecule has 0 fully saturated rings. The predicted octanol–water partition coefficient (Wildman–Crippen LogP) is 3.27. The van der Waals surface area contributed by atoms with Gasteiger partial charge in [0, 0.05) is 30.8 Å². The van der Waals surface area contributed by atoms with Crippen molar-refractivity contribution in [3.8, 4) is 11.4 Å². The van der Waals surface area contributed by atoms with E-state index in [1.54, 1.807) is 37.6 Å². The fourth-order valence-electron chi connectivity index (χ4n) is 3.02. The van der Waals surface area contributed by atoms with Gasteiger partial charge in [0.1, 0.15) is 5.75 Å². The topological polar surface area (TPSA) is 64.4 Å². The first kappa shape index (κ1) is 17.4. The van der Waals surface area contributed by atoms with Crippen LogP contribution in [0.25, 0.3) is 5.69 Å². The van der Waals surface area contributed by atoms with Crippen LogP contribution in [0.4, 0.5) is 0 Å². The van der Waals surface area contributed by atoms with Gasteiger partial charge in [-0.3, -0.25) is 19.1 Å². The van der Waals surface area contributed by atoms with Gasteiger partial charge in [-0.25, -0.2) is 4.98 Å². The predicted molar refractivity (Wildman–Crippen MR) is 103 cm³/mol. The number of thioether (sulfide) groups is 1. The highest BCUT2D eigenvalue weighted by molar-refractivity contribution is 7.99. The SMILES string of the molecule is COc1cccc(-n2ccnc2SCCN2C(=O)c3ccccc3C2=O)c1. The normalized spacial score (nSPS) is 13.1. The summed E-state index contributed by atoms with van der Waals surface area (Å²) in [6, 6.07) is 14.6. The minimum Gasteiger partial charge on any atom is -0.497 e. The second-order valence-corrected chi connectivity index (χ2v) is 7.00. The summed E-state index contributed by atoms with van der Waals surface area (Å²) in [5.41, 5.74) is 1.89. The molecule has 0 spiro atoms. The summed E-state index contributed by atoms with van der Waals surface area (Å²) in [5.74, 6) is 0.870. The maximum absolute atomic E-state index is 12.4. The lowest BCUT2D eigenvalue weighted by Crippen LogP contribution is -2.31. The van der Waals surface area contributed by atoms with Gasteiger partial charge in [-0.15, -0.1) is 0 Å². The third kappa shape index (κ3) is 3.21. The van der Waals surface area contributed by atoms with Crippen LogP contribution in [0.3, 0.4) is 0 Å². The average molecular weight is 379 g/mol. The van der Waals surface area contributed by atoms with Gasteiger partial charge in [0.25, 0.3) is 11.8 Å². The van der Waals surface area contributed by atoms with E-state index in [2.05, 4.69) is 4.98 Å². The summed E-state index contributed by atoms with van der Waals surface area (Å²) >= 11 is 1.50. The molecular weight excluding hydrogens is 362 g/mol. The molecule has 2 heterocycles. The molecule has 0 atom stereocenters. The monoisotopic (exact) mass is 379 g/mol. The molecule has 2 aromatic carbocycles.